The number of rotatable bonds is 8. The number of carbonyl (C=O) groups is 1. The maximum Gasteiger partial charge on any atom is 0.336 e. The molecule has 1 N–H and O–H groups in total. The first kappa shape index (κ1) is 21.4. The van der Waals surface area contributed by atoms with Gasteiger partial charge in [-0.2, -0.15) is 13.1 Å². The number of alkyl halides is 3. The molecule has 0 aromatic carbocycles. The van der Waals surface area contributed by atoms with Gasteiger partial charge in [0.1, 0.15) is 12.7 Å². The number of hydrogen-bond donors (Lipinski definition) is 1. The van der Waals surface area contributed by atoms with Gasteiger partial charge in [0, 0.05) is 21.5 Å². The SMILES string of the molecule is CC(=O)O[C@H](CNS(=O)(=O)OCC(Cl)(Cl)Cl)C[Si](C)(C)C. The maximum absolute atomic E-state index is 11.6. The lowest BCUT2D eigenvalue weighted by Crippen LogP contribution is -2.40. The second-order valence-electron chi connectivity index (χ2n) is 5.68. The fraction of sp³-hybridized carbons (Fsp3) is 0.900. The van der Waals surface area contributed by atoms with Crippen LogP contribution in [-0.4, -0.2) is 45.5 Å². The zero-order valence-corrected chi connectivity index (χ0v) is 16.4. The Kier molecular flexibility index (Phi) is 8.50. The number of hydrogen-bond acceptors (Lipinski definition) is 5. The molecule has 0 aliphatic heterocycles. The predicted octanol–water partition coefficient (Wildman–Crippen LogP) is 2.48. The molecule has 0 bridgehead atoms. The number of halogens is 3. The van der Waals surface area contributed by atoms with Crippen molar-refractivity contribution in [3.63, 3.8) is 0 Å². The average molecular weight is 401 g/mol. The van der Waals surface area contributed by atoms with Crippen molar-refractivity contribution >= 4 is 59.2 Å². The highest BCUT2D eigenvalue weighted by Gasteiger charge is 2.27. The van der Waals surface area contributed by atoms with Gasteiger partial charge in [-0.25, -0.2) is 0 Å². The van der Waals surface area contributed by atoms with Crippen LogP contribution in [0.1, 0.15) is 6.92 Å². The smallest absolute Gasteiger partial charge is 0.336 e. The van der Waals surface area contributed by atoms with Crippen molar-refractivity contribution in [3.8, 4) is 0 Å². The first-order valence-electron chi connectivity index (χ1n) is 6.08. The zero-order chi connectivity index (χ0) is 16.9. The fourth-order valence-corrected chi connectivity index (χ4v) is 4.21. The first-order valence-corrected chi connectivity index (χ1v) is 12.3. The summed E-state index contributed by atoms with van der Waals surface area (Å²) < 4.78 is 33.2. The van der Waals surface area contributed by atoms with Crippen molar-refractivity contribution < 1.29 is 22.1 Å². The molecule has 0 rings (SSSR count). The van der Waals surface area contributed by atoms with E-state index in [0.717, 1.165) is 0 Å². The van der Waals surface area contributed by atoms with Gasteiger partial charge in [0.15, 0.2) is 0 Å². The normalized spacial score (nSPS) is 14.8. The van der Waals surface area contributed by atoms with Gasteiger partial charge >= 0.3 is 16.3 Å². The highest BCUT2D eigenvalue weighted by molar-refractivity contribution is 7.84. The molecule has 0 fully saturated rings. The molecule has 21 heavy (non-hydrogen) atoms. The summed E-state index contributed by atoms with van der Waals surface area (Å²) in [4.78, 5) is 11.1. The van der Waals surface area contributed by atoms with E-state index in [1.165, 1.54) is 6.92 Å². The van der Waals surface area contributed by atoms with E-state index < -0.39 is 40.9 Å². The molecule has 0 saturated heterocycles. The Bertz CT molecular complexity index is 447. The topological polar surface area (TPSA) is 81.7 Å². The summed E-state index contributed by atoms with van der Waals surface area (Å²) in [6.07, 6.45) is -0.555. The van der Waals surface area contributed by atoms with Crippen LogP contribution in [0.4, 0.5) is 0 Å². The third-order valence-electron chi connectivity index (χ3n) is 2.04. The molecule has 0 radical (unpaired) electrons. The number of nitrogens with one attached hydrogen (secondary N) is 1. The van der Waals surface area contributed by atoms with Crippen LogP contribution in [-0.2, 0) is 24.0 Å². The van der Waals surface area contributed by atoms with Crippen molar-refractivity contribution in [1.82, 2.24) is 4.72 Å². The van der Waals surface area contributed by atoms with E-state index in [4.69, 9.17) is 39.5 Å². The second kappa shape index (κ2) is 8.33. The van der Waals surface area contributed by atoms with Gasteiger partial charge in [-0.3, -0.25) is 8.98 Å². The van der Waals surface area contributed by atoms with Crippen molar-refractivity contribution in [2.24, 2.45) is 0 Å². The van der Waals surface area contributed by atoms with Crippen molar-refractivity contribution in [1.29, 1.82) is 0 Å². The summed E-state index contributed by atoms with van der Waals surface area (Å²) in [6, 6.07) is 0.611. The lowest BCUT2D eigenvalue weighted by molar-refractivity contribution is -0.145. The Balaban J connectivity index is 4.55. The Morgan fingerprint density at radius 2 is 1.81 bits per heavy atom. The highest BCUT2D eigenvalue weighted by Crippen LogP contribution is 2.26. The highest BCUT2D eigenvalue weighted by atomic mass is 35.6. The molecule has 0 heterocycles. The second-order valence-corrected chi connectivity index (χ2v) is 15.2. The van der Waals surface area contributed by atoms with Crippen molar-refractivity contribution in [2.75, 3.05) is 13.2 Å². The Labute approximate surface area is 141 Å². The van der Waals surface area contributed by atoms with Crippen LogP contribution in [0.15, 0.2) is 0 Å². The van der Waals surface area contributed by atoms with E-state index in [0.29, 0.717) is 6.04 Å². The summed E-state index contributed by atoms with van der Waals surface area (Å²) in [5, 5.41) is 0. The molecule has 0 saturated carbocycles. The van der Waals surface area contributed by atoms with Crippen molar-refractivity contribution in [3.05, 3.63) is 0 Å². The summed E-state index contributed by atoms with van der Waals surface area (Å²) in [6.45, 7) is 6.81. The number of carbonyl (C=O) groups excluding carboxylic acids is 1. The summed E-state index contributed by atoms with van der Waals surface area (Å²) in [7, 11) is -5.63. The fourth-order valence-electron chi connectivity index (χ4n) is 1.45. The lowest BCUT2D eigenvalue weighted by atomic mass is 10.4. The minimum Gasteiger partial charge on any atom is -0.461 e. The van der Waals surface area contributed by atoms with Crippen LogP contribution in [0.5, 0.6) is 0 Å². The van der Waals surface area contributed by atoms with E-state index in [1.54, 1.807) is 0 Å². The number of ether oxygens (including phenoxy) is 1. The summed E-state index contributed by atoms with van der Waals surface area (Å²) in [5.41, 5.74) is 0. The van der Waals surface area contributed by atoms with E-state index in [1.807, 2.05) is 0 Å². The van der Waals surface area contributed by atoms with E-state index >= 15 is 0 Å². The van der Waals surface area contributed by atoms with Crippen LogP contribution in [0, 0.1) is 0 Å². The third-order valence-corrected chi connectivity index (χ3v) is 4.99. The van der Waals surface area contributed by atoms with Crippen LogP contribution in [0.2, 0.25) is 25.7 Å². The molecular formula is C10H20Cl3NO5SSi. The molecule has 1 atom stereocenters. The molecule has 0 amide bonds. The lowest BCUT2D eigenvalue weighted by Gasteiger charge is -2.24. The van der Waals surface area contributed by atoms with Gasteiger partial charge in [0.25, 0.3) is 0 Å². The van der Waals surface area contributed by atoms with Crippen LogP contribution < -0.4 is 4.72 Å². The molecule has 0 aliphatic rings. The Morgan fingerprint density at radius 3 is 2.19 bits per heavy atom. The molecule has 0 aromatic rings. The predicted molar refractivity (Wildman–Crippen MR) is 86.9 cm³/mol. The van der Waals surface area contributed by atoms with Gasteiger partial charge < -0.3 is 4.74 Å². The molecular weight excluding hydrogens is 381 g/mol. The Morgan fingerprint density at radius 1 is 1.29 bits per heavy atom. The van der Waals surface area contributed by atoms with E-state index in [2.05, 4.69) is 28.5 Å². The molecule has 11 heteroatoms. The van der Waals surface area contributed by atoms with Crippen LogP contribution in [0.25, 0.3) is 0 Å². The maximum atomic E-state index is 11.6. The van der Waals surface area contributed by atoms with E-state index in [9.17, 15) is 13.2 Å². The zero-order valence-electron chi connectivity index (χ0n) is 12.3. The minimum absolute atomic E-state index is 0.0912. The molecule has 0 unspecified atom stereocenters. The van der Waals surface area contributed by atoms with Crippen LogP contribution in [0.3, 0.4) is 0 Å². The molecule has 0 spiro atoms. The quantitative estimate of drug-likeness (QED) is 0.384. The molecule has 0 aromatic heterocycles. The largest absolute Gasteiger partial charge is 0.461 e. The van der Waals surface area contributed by atoms with Gasteiger partial charge in [-0.05, 0) is 6.04 Å². The van der Waals surface area contributed by atoms with Crippen molar-refractivity contribution in [2.45, 2.75) is 42.5 Å². The summed E-state index contributed by atoms with van der Waals surface area (Å²) >= 11 is 16.2. The molecule has 0 aliphatic carbocycles. The Hall–Kier alpha value is 0.427. The standard InChI is InChI=1S/C10H20Cl3NO5SSi/c1-8(15)19-9(6-21(2,3)4)5-14-20(16,17)18-7-10(11,12)13/h9,14H,5-7H2,1-4H3/t9-/m1/s1. The van der Waals surface area contributed by atoms with Gasteiger partial charge in [-0.1, -0.05) is 54.4 Å². The minimum atomic E-state index is -4.08. The monoisotopic (exact) mass is 399 g/mol. The summed E-state index contributed by atoms with van der Waals surface area (Å²) in [5.74, 6) is -0.473. The van der Waals surface area contributed by atoms with Gasteiger partial charge in [-0.15, -0.1) is 0 Å². The average Bonchev–Trinajstić information content (AvgIpc) is 2.20. The van der Waals surface area contributed by atoms with Gasteiger partial charge in [0.05, 0.1) is 0 Å². The molecule has 126 valence electrons. The number of esters is 1. The van der Waals surface area contributed by atoms with Crippen LogP contribution >= 0.6 is 34.8 Å². The molecule has 6 nitrogen and oxygen atoms in total. The third kappa shape index (κ3) is 13.8. The first-order chi connectivity index (χ1) is 9.20. The van der Waals surface area contributed by atoms with Gasteiger partial charge in [0.2, 0.25) is 3.79 Å². The van der Waals surface area contributed by atoms with E-state index in [-0.39, 0.29) is 6.54 Å².